The quantitative estimate of drug-likeness (QED) is 0.617. The maximum absolute atomic E-state index is 10.9. The molecule has 0 spiro atoms. The second-order valence-electron chi connectivity index (χ2n) is 3.47. The van der Waals surface area contributed by atoms with Gasteiger partial charge in [-0.15, -0.1) is 0 Å². The van der Waals surface area contributed by atoms with Gasteiger partial charge in [-0.05, 0) is 34.1 Å². The highest BCUT2D eigenvalue weighted by Gasteiger charge is 2.17. The summed E-state index contributed by atoms with van der Waals surface area (Å²) < 4.78 is 1.61. The van der Waals surface area contributed by atoms with E-state index in [4.69, 9.17) is 5.73 Å². The second kappa shape index (κ2) is 5.49. The highest BCUT2D eigenvalue weighted by Crippen LogP contribution is 2.31. The van der Waals surface area contributed by atoms with Crippen LogP contribution in [0.3, 0.4) is 0 Å². The number of benzene rings is 1. The van der Waals surface area contributed by atoms with E-state index in [1.807, 2.05) is 0 Å². The molecule has 2 aromatic rings. The molecule has 0 aliphatic heterocycles. The summed E-state index contributed by atoms with van der Waals surface area (Å²) in [5.41, 5.74) is 5.82. The number of nitrogens with one attached hydrogen (secondary N) is 1. The molecule has 0 atom stereocenters. The molecule has 0 aliphatic carbocycles. The summed E-state index contributed by atoms with van der Waals surface area (Å²) in [4.78, 5) is 17.8. The zero-order chi connectivity index (χ0) is 14.0. The largest absolute Gasteiger partial charge is 0.368 e. The summed E-state index contributed by atoms with van der Waals surface area (Å²) in [5, 5.41) is 13.7. The third-order valence-electron chi connectivity index (χ3n) is 2.17. The molecule has 2 rings (SSSR count). The van der Waals surface area contributed by atoms with Gasteiger partial charge in [0.1, 0.15) is 6.20 Å². The van der Waals surface area contributed by atoms with Crippen molar-refractivity contribution in [3.8, 4) is 0 Å². The SMILES string of the molecule is Nc1ncc([N+](=O)[O-])c(Nc2ccc(Br)cc2Br)n1. The minimum absolute atomic E-state index is 0.0404. The van der Waals surface area contributed by atoms with Crippen LogP contribution < -0.4 is 11.1 Å². The van der Waals surface area contributed by atoms with Gasteiger partial charge in [-0.2, -0.15) is 4.98 Å². The van der Waals surface area contributed by atoms with Gasteiger partial charge in [0.15, 0.2) is 0 Å². The van der Waals surface area contributed by atoms with E-state index >= 15 is 0 Å². The average molecular weight is 389 g/mol. The summed E-state index contributed by atoms with van der Waals surface area (Å²) in [5.74, 6) is 0.00172. The summed E-state index contributed by atoms with van der Waals surface area (Å²) in [7, 11) is 0. The average Bonchev–Trinajstić information content (AvgIpc) is 2.32. The van der Waals surface area contributed by atoms with Crippen molar-refractivity contribution in [1.82, 2.24) is 9.97 Å². The van der Waals surface area contributed by atoms with E-state index < -0.39 is 4.92 Å². The molecule has 0 saturated heterocycles. The lowest BCUT2D eigenvalue weighted by Gasteiger charge is -2.08. The van der Waals surface area contributed by atoms with E-state index in [0.29, 0.717) is 5.69 Å². The van der Waals surface area contributed by atoms with Crippen molar-refractivity contribution >= 4 is 55.0 Å². The fraction of sp³-hybridized carbons (Fsp3) is 0. The molecule has 9 heteroatoms. The number of rotatable bonds is 3. The Balaban J connectivity index is 2.42. The van der Waals surface area contributed by atoms with Crippen molar-refractivity contribution in [3.63, 3.8) is 0 Å². The van der Waals surface area contributed by atoms with E-state index in [-0.39, 0.29) is 17.5 Å². The second-order valence-corrected chi connectivity index (χ2v) is 5.24. The number of nitro groups is 1. The molecule has 0 unspecified atom stereocenters. The van der Waals surface area contributed by atoms with Gasteiger partial charge in [-0.1, -0.05) is 15.9 Å². The summed E-state index contributed by atoms with van der Waals surface area (Å²) in [6, 6.07) is 5.35. The van der Waals surface area contributed by atoms with Crippen LogP contribution >= 0.6 is 31.9 Å². The Kier molecular flexibility index (Phi) is 3.96. The lowest BCUT2D eigenvalue weighted by atomic mass is 10.3. The minimum atomic E-state index is -0.575. The zero-order valence-electron chi connectivity index (χ0n) is 9.30. The van der Waals surface area contributed by atoms with Gasteiger partial charge < -0.3 is 11.1 Å². The molecule has 1 heterocycles. The molecule has 0 fully saturated rings. The Morgan fingerprint density at radius 3 is 2.74 bits per heavy atom. The van der Waals surface area contributed by atoms with Crippen LogP contribution in [0.5, 0.6) is 0 Å². The fourth-order valence-corrected chi connectivity index (χ4v) is 2.48. The Hall–Kier alpha value is -1.74. The fourth-order valence-electron chi connectivity index (χ4n) is 1.33. The summed E-state index contributed by atoms with van der Waals surface area (Å²) in [6.45, 7) is 0. The van der Waals surface area contributed by atoms with Gasteiger partial charge >= 0.3 is 5.69 Å². The predicted molar refractivity (Wildman–Crippen MR) is 78.2 cm³/mol. The topological polar surface area (TPSA) is 107 Å². The van der Waals surface area contributed by atoms with Crippen molar-refractivity contribution in [3.05, 3.63) is 43.5 Å². The van der Waals surface area contributed by atoms with Crippen molar-refractivity contribution in [2.24, 2.45) is 0 Å². The number of nitrogens with zero attached hydrogens (tertiary/aromatic N) is 3. The molecule has 1 aromatic heterocycles. The molecular weight excluding hydrogens is 382 g/mol. The first-order valence-electron chi connectivity index (χ1n) is 4.96. The van der Waals surface area contributed by atoms with Gasteiger partial charge in [0.25, 0.3) is 0 Å². The molecule has 0 saturated carbocycles. The molecular formula is C10H7Br2N5O2. The Labute approximate surface area is 124 Å². The van der Waals surface area contributed by atoms with Gasteiger partial charge in [0, 0.05) is 8.95 Å². The normalized spacial score (nSPS) is 10.2. The van der Waals surface area contributed by atoms with E-state index in [2.05, 4.69) is 47.1 Å². The van der Waals surface area contributed by atoms with E-state index in [9.17, 15) is 10.1 Å². The number of aromatic nitrogens is 2. The molecule has 0 amide bonds. The van der Waals surface area contributed by atoms with Crippen molar-refractivity contribution in [2.45, 2.75) is 0 Å². The molecule has 1 aromatic carbocycles. The first-order valence-corrected chi connectivity index (χ1v) is 6.55. The van der Waals surface area contributed by atoms with Crippen molar-refractivity contribution in [2.75, 3.05) is 11.1 Å². The Morgan fingerprint density at radius 2 is 2.11 bits per heavy atom. The maximum atomic E-state index is 10.9. The van der Waals surface area contributed by atoms with Crippen LogP contribution in [0.4, 0.5) is 23.1 Å². The number of hydrogen-bond donors (Lipinski definition) is 2. The standard InChI is InChI=1S/C10H7Br2N5O2/c11-5-1-2-7(6(12)3-5)15-9-8(17(18)19)4-14-10(13)16-9/h1-4H,(H3,13,14,15,16). The number of nitrogens with two attached hydrogens (primary N) is 1. The van der Waals surface area contributed by atoms with Crippen LogP contribution in [-0.2, 0) is 0 Å². The molecule has 0 radical (unpaired) electrons. The number of hydrogen-bond acceptors (Lipinski definition) is 6. The van der Waals surface area contributed by atoms with Gasteiger partial charge in [0.05, 0.1) is 10.6 Å². The van der Waals surface area contributed by atoms with Crippen LogP contribution in [0.15, 0.2) is 33.3 Å². The third-order valence-corrected chi connectivity index (χ3v) is 3.32. The highest BCUT2D eigenvalue weighted by molar-refractivity contribution is 9.11. The van der Waals surface area contributed by atoms with Gasteiger partial charge in [0.2, 0.25) is 11.8 Å². The molecule has 0 aliphatic rings. The summed E-state index contributed by atoms with van der Waals surface area (Å²) in [6.07, 6.45) is 1.07. The molecule has 3 N–H and O–H groups in total. The maximum Gasteiger partial charge on any atom is 0.329 e. The number of anilines is 3. The zero-order valence-corrected chi connectivity index (χ0v) is 12.5. The van der Waals surface area contributed by atoms with Crippen LogP contribution in [0.25, 0.3) is 0 Å². The van der Waals surface area contributed by atoms with Crippen LogP contribution in [0.2, 0.25) is 0 Å². The Bertz CT molecular complexity index is 650. The predicted octanol–water partition coefficient (Wildman–Crippen LogP) is 3.24. The molecule has 0 bridgehead atoms. The van der Waals surface area contributed by atoms with Gasteiger partial charge in [-0.25, -0.2) is 4.98 Å². The van der Waals surface area contributed by atoms with E-state index in [1.54, 1.807) is 18.2 Å². The first-order chi connectivity index (χ1) is 8.97. The van der Waals surface area contributed by atoms with Gasteiger partial charge in [-0.3, -0.25) is 10.1 Å². The third kappa shape index (κ3) is 3.18. The first kappa shape index (κ1) is 13.7. The van der Waals surface area contributed by atoms with E-state index in [0.717, 1.165) is 15.1 Å². The minimum Gasteiger partial charge on any atom is -0.368 e. The number of halogens is 2. The highest BCUT2D eigenvalue weighted by atomic mass is 79.9. The van der Waals surface area contributed by atoms with Crippen LogP contribution in [-0.4, -0.2) is 14.9 Å². The van der Waals surface area contributed by atoms with E-state index in [1.165, 1.54) is 0 Å². The Morgan fingerprint density at radius 1 is 1.37 bits per heavy atom. The summed E-state index contributed by atoms with van der Waals surface area (Å²) >= 11 is 6.67. The molecule has 98 valence electrons. The number of nitrogen functional groups attached to an aromatic ring is 1. The monoisotopic (exact) mass is 387 g/mol. The van der Waals surface area contributed by atoms with Crippen LogP contribution in [0.1, 0.15) is 0 Å². The smallest absolute Gasteiger partial charge is 0.329 e. The van der Waals surface area contributed by atoms with Crippen LogP contribution in [0, 0.1) is 10.1 Å². The molecule has 7 nitrogen and oxygen atoms in total. The van der Waals surface area contributed by atoms with Crippen molar-refractivity contribution < 1.29 is 4.92 Å². The molecule has 19 heavy (non-hydrogen) atoms. The lowest BCUT2D eigenvalue weighted by molar-refractivity contribution is -0.384. The van der Waals surface area contributed by atoms with Crippen molar-refractivity contribution in [1.29, 1.82) is 0 Å². The lowest BCUT2D eigenvalue weighted by Crippen LogP contribution is -2.04.